The van der Waals surface area contributed by atoms with E-state index in [9.17, 15) is 25.0 Å². The van der Waals surface area contributed by atoms with E-state index in [4.69, 9.17) is 0 Å². The summed E-state index contributed by atoms with van der Waals surface area (Å²) >= 11 is 1.43. The Bertz CT molecular complexity index is 1280. The van der Waals surface area contributed by atoms with E-state index in [1.165, 1.54) is 46.2 Å². The number of fused-ring (bicyclic) bond motifs is 2. The molecule has 1 unspecified atom stereocenters. The van der Waals surface area contributed by atoms with Crippen LogP contribution in [-0.4, -0.2) is 15.4 Å². The number of nitriles is 1. The first-order valence-electron chi connectivity index (χ1n) is 9.50. The number of rotatable bonds is 4. The van der Waals surface area contributed by atoms with Gasteiger partial charge >= 0.3 is 0 Å². The molecule has 8 nitrogen and oxygen atoms in total. The number of nitro groups is 1. The van der Waals surface area contributed by atoms with Crippen molar-refractivity contribution in [1.82, 2.24) is 4.57 Å². The molecule has 1 aromatic carbocycles. The van der Waals surface area contributed by atoms with E-state index < -0.39 is 10.8 Å². The molecule has 0 aliphatic heterocycles. The summed E-state index contributed by atoms with van der Waals surface area (Å²) in [7, 11) is 0. The molecule has 2 heterocycles. The minimum absolute atomic E-state index is 0.0887. The first-order chi connectivity index (χ1) is 14.4. The van der Waals surface area contributed by atoms with Crippen LogP contribution < -0.4 is 10.9 Å². The summed E-state index contributed by atoms with van der Waals surface area (Å²) in [6.45, 7) is 1.92. The second-order valence-electron chi connectivity index (χ2n) is 7.47. The van der Waals surface area contributed by atoms with Crippen molar-refractivity contribution in [2.24, 2.45) is 5.92 Å². The van der Waals surface area contributed by atoms with E-state index in [1.54, 1.807) is 0 Å². The van der Waals surface area contributed by atoms with Gasteiger partial charge in [-0.05, 0) is 42.9 Å². The number of nitrogens with one attached hydrogen (secondary N) is 1. The van der Waals surface area contributed by atoms with Crippen LogP contribution in [-0.2, 0) is 24.2 Å². The molecule has 0 fully saturated rings. The van der Waals surface area contributed by atoms with E-state index in [0.717, 1.165) is 29.7 Å². The van der Waals surface area contributed by atoms with Gasteiger partial charge < -0.3 is 5.32 Å². The molecule has 1 N–H and O–H groups in total. The molecule has 0 saturated heterocycles. The molecule has 4 rings (SSSR count). The molecule has 152 valence electrons. The predicted molar refractivity (Wildman–Crippen MR) is 114 cm³/mol. The molecule has 0 bridgehead atoms. The van der Waals surface area contributed by atoms with Crippen LogP contribution in [0.15, 0.2) is 35.1 Å². The molecule has 1 aliphatic rings. The summed E-state index contributed by atoms with van der Waals surface area (Å²) in [4.78, 5) is 36.7. The number of nitro benzene ring substituents is 1. The number of nitrogens with zero attached hydrogens (tertiary/aromatic N) is 3. The first-order valence-corrected chi connectivity index (χ1v) is 10.3. The Morgan fingerprint density at radius 1 is 1.40 bits per heavy atom. The summed E-state index contributed by atoms with van der Waals surface area (Å²) in [5, 5.41) is 24.4. The summed E-state index contributed by atoms with van der Waals surface area (Å²) in [5.41, 5.74) is 1.49. The van der Waals surface area contributed by atoms with Crippen molar-refractivity contribution in [3.63, 3.8) is 0 Å². The van der Waals surface area contributed by atoms with Crippen molar-refractivity contribution in [2.45, 2.75) is 32.7 Å². The van der Waals surface area contributed by atoms with Crippen LogP contribution in [0.1, 0.15) is 29.3 Å². The Kier molecular flexibility index (Phi) is 5.10. The van der Waals surface area contributed by atoms with Crippen LogP contribution in [0, 0.1) is 27.4 Å². The minimum Gasteiger partial charge on any atom is -0.315 e. The van der Waals surface area contributed by atoms with Crippen molar-refractivity contribution < 1.29 is 9.72 Å². The molecule has 1 amide bonds. The third kappa shape index (κ3) is 3.57. The lowest BCUT2D eigenvalue weighted by molar-refractivity contribution is -0.384. The van der Waals surface area contributed by atoms with E-state index in [2.05, 4.69) is 18.3 Å². The van der Waals surface area contributed by atoms with Gasteiger partial charge in [-0.15, -0.1) is 11.3 Å². The summed E-state index contributed by atoms with van der Waals surface area (Å²) in [6, 6.07) is 9.13. The van der Waals surface area contributed by atoms with Gasteiger partial charge in [-0.1, -0.05) is 6.92 Å². The third-order valence-electron chi connectivity index (χ3n) is 5.36. The Morgan fingerprint density at radius 2 is 2.20 bits per heavy atom. The molecular formula is C21H18N4O4S. The smallest absolute Gasteiger partial charge is 0.270 e. The zero-order valence-corrected chi connectivity index (χ0v) is 17.0. The lowest BCUT2D eigenvalue weighted by atomic mass is 9.89. The second kappa shape index (κ2) is 7.72. The number of carbonyl (C=O) groups is 1. The zero-order valence-electron chi connectivity index (χ0n) is 16.2. The number of carbonyl (C=O) groups excluding carboxylic acids is 1. The van der Waals surface area contributed by atoms with Gasteiger partial charge in [-0.25, -0.2) is 0 Å². The maximum atomic E-state index is 12.7. The van der Waals surface area contributed by atoms with Crippen LogP contribution in [0.3, 0.4) is 0 Å². The van der Waals surface area contributed by atoms with Crippen molar-refractivity contribution in [1.29, 1.82) is 5.26 Å². The highest BCUT2D eigenvalue weighted by Crippen LogP contribution is 2.39. The standard InChI is InChI=1S/C21H18N4O4S/c1-12-2-5-15-16(10-22)21(30-18(15)8-12)23-19(26)11-24-17-6-4-14(25(28)29)9-13(17)3-7-20(24)27/h3-4,6-7,9,12H,2,5,8,11H2,1H3,(H,23,26). The topological polar surface area (TPSA) is 118 Å². The average Bonchev–Trinajstić information content (AvgIpc) is 3.05. The summed E-state index contributed by atoms with van der Waals surface area (Å²) < 4.78 is 1.27. The van der Waals surface area contributed by atoms with Gasteiger partial charge in [0.2, 0.25) is 5.91 Å². The summed E-state index contributed by atoms with van der Waals surface area (Å²) in [6.07, 6.45) is 2.74. The number of benzene rings is 1. The fourth-order valence-corrected chi connectivity index (χ4v) is 5.21. The van der Waals surface area contributed by atoms with Crippen molar-refractivity contribution in [2.75, 3.05) is 5.32 Å². The van der Waals surface area contributed by atoms with Gasteiger partial charge in [0.1, 0.15) is 17.6 Å². The molecule has 0 radical (unpaired) electrons. The fraction of sp³-hybridized carbons (Fsp3) is 0.286. The number of pyridine rings is 1. The van der Waals surface area contributed by atoms with Gasteiger partial charge in [0.25, 0.3) is 11.2 Å². The summed E-state index contributed by atoms with van der Waals surface area (Å²) in [5.74, 6) is 0.121. The highest BCUT2D eigenvalue weighted by atomic mass is 32.1. The molecule has 1 aliphatic carbocycles. The second-order valence-corrected chi connectivity index (χ2v) is 8.58. The quantitative estimate of drug-likeness (QED) is 0.509. The van der Waals surface area contributed by atoms with E-state index >= 15 is 0 Å². The van der Waals surface area contributed by atoms with Crippen molar-refractivity contribution in [3.05, 3.63) is 66.8 Å². The number of thiophene rings is 1. The highest BCUT2D eigenvalue weighted by molar-refractivity contribution is 7.16. The predicted octanol–water partition coefficient (Wildman–Crippen LogP) is 3.61. The van der Waals surface area contributed by atoms with Gasteiger partial charge in [0, 0.05) is 28.5 Å². The number of aromatic nitrogens is 1. The lowest BCUT2D eigenvalue weighted by Crippen LogP contribution is -2.27. The zero-order chi connectivity index (χ0) is 21.4. The third-order valence-corrected chi connectivity index (χ3v) is 6.53. The van der Waals surface area contributed by atoms with Crippen LogP contribution >= 0.6 is 11.3 Å². The molecule has 0 saturated carbocycles. The molecule has 3 aromatic rings. The monoisotopic (exact) mass is 422 g/mol. The molecule has 2 aromatic heterocycles. The maximum Gasteiger partial charge on any atom is 0.270 e. The van der Waals surface area contributed by atoms with Crippen molar-refractivity contribution in [3.8, 4) is 6.07 Å². The Balaban J connectivity index is 1.63. The highest BCUT2D eigenvalue weighted by Gasteiger charge is 2.25. The van der Waals surface area contributed by atoms with E-state index in [1.807, 2.05) is 0 Å². The number of amides is 1. The van der Waals surface area contributed by atoms with Gasteiger partial charge in [-0.3, -0.25) is 24.3 Å². The van der Waals surface area contributed by atoms with Crippen molar-refractivity contribution >= 4 is 38.8 Å². The molecule has 9 heteroatoms. The average molecular weight is 422 g/mol. The largest absolute Gasteiger partial charge is 0.315 e. The molecular weight excluding hydrogens is 404 g/mol. The number of hydrogen-bond donors (Lipinski definition) is 1. The minimum atomic E-state index is -0.509. The number of hydrogen-bond acceptors (Lipinski definition) is 6. The fourth-order valence-electron chi connectivity index (χ4n) is 3.83. The molecule has 30 heavy (non-hydrogen) atoms. The van der Waals surface area contributed by atoms with E-state index in [0.29, 0.717) is 27.4 Å². The lowest BCUT2D eigenvalue weighted by Gasteiger charge is -2.17. The Morgan fingerprint density at radius 3 is 2.93 bits per heavy atom. The van der Waals surface area contributed by atoms with Crippen LogP contribution in [0.5, 0.6) is 0 Å². The normalized spacial score (nSPS) is 15.4. The maximum absolute atomic E-state index is 12.7. The van der Waals surface area contributed by atoms with Gasteiger partial charge in [0.15, 0.2) is 0 Å². The number of non-ortho nitro benzene ring substituents is 1. The first kappa shape index (κ1) is 19.8. The number of anilines is 1. The van der Waals surface area contributed by atoms with Gasteiger partial charge in [0.05, 0.1) is 16.0 Å². The Labute approximate surface area is 175 Å². The Hall–Kier alpha value is -3.51. The van der Waals surface area contributed by atoms with E-state index in [-0.39, 0.29) is 17.8 Å². The van der Waals surface area contributed by atoms with Crippen LogP contribution in [0.4, 0.5) is 10.7 Å². The molecule has 1 atom stereocenters. The van der Waals surface area contributed by atoms with Crippen LogP contribution in [0.25, 0.3) is 10.9 Å². The van der Waals surface area contributed by atoms with Gasteiger partial charge in [-0.2, -0.15) is 5.26 Å². The SMILES string of the molecule is CC1CCc2c(sc(NC(=O)Cn3c(=O)ccc4cc([N+](=O)[O-])ccc43)c2C#N)C1. The van der Waals surface area contributed by atoms with Crippen LogP contribution in [0.2, 0.25) is 0 Å². The molecule has 0 spiro atoms.